The normalized spacial score (nSPS) is 11.6. The van der Waals surface area contributed by atoms with Crippen LogP contribution in [0.1, 0.15) is 42.0 Å². The molecule has 0 N–H and O–H groups in total. The van der Waals surface area contributed by atoms with Gasteiger partial charge in [-0.05, 0) is 33.4 Å². The molecule has 0 saturated carbocycles. The van der Waals surface area contributed by atoms with Gasteiger partial charge >= 0.3 is 0 Å². The van der Waals surface area contributed by atoms with Crippen LogP contribution in [0.15, 0.2) is 115 Å². The number of tetrazole rings is 1. The van der Waals surface area contributed by atoms with Gasteiger partial charge in [-0.25, -0.2) is 0 Å². The Labute approximate surface area is 194 Å². The molecule has 0 saturated heterocycles. The molecular weight excluding hydrogens is 404 g/mol. The summed E-state index contributed by atoms with van der Waals surface area (Å²) in [7, 11) is 0. The molecule has 0 fully saturated rings. The van der Waals surface area contributed by atoms with E-state index in [1.54, 1.807) is 4.80 Å². The number of hydrogen-bond acceptors (Lipinski definition) is 3. The average molecular weight is 431 g/mol. The van der Waals surface area contributed by atoms with Crippen LogP contribution in [0.4, 0.5) is 0 Å². The monoisotopic (exact) mass is 430 g/mol. The highest BCUT2D eigenvalue weighted by atomic mass is 15.6. The maximum atomic E-state index is 5.02. The highest BCUT2D eigenvalue weighted by Gasteiger charge is 2.41. The third-order valence-electron chi connectivity index (χ3n) is 6.11. The van der Waals surface area contributed by atoms with E-state index in [0.29, 0.717) is 11.7 Å². The van der Waals surface area contributed by atoms with E-state index in [0.717, 1.165) is 22.3 Å². The Morgan fingerprint density at radius 1 is 0.606 bits per heavy atom. The maximum absolute atomic E-state index is 5.02. The van der Waals surface area contributed by atoms with Crippen molar-refractivity contribution in [1.29, 1.82) is 0 Å². The first-order valence-corrected chi connectivity index (χ1v) is 11.3. The Morgan fingerprint density at radius 3 is 1.55 bits per heavy atom. The van der Waals surface area contributed by atoms with E-state index in [2.05, 4.69) is 115 Å². The van der Waals surface area contributed by atoms with Gasteiger partial charge in [0.1, 0.15) is 0 Å². The van der Waals surface area contributed by atoms with Crippen molar-refractivity contribution in [2.45, 2.75) is 25.3 Å². The van der Waals surface area contributed by atoms with Crippen molar-refractivity contribution in [2.75, 3.05) is 0 Å². The molecule has 4 heteroatoms. The Balaban J connectivity index is 1.81. The largest absolute Gasteiger partial charge is 0.205 e. The third-order valence-corrected chi connectivity index (χ3v) is 6.11. The highest BCUT2D eigenvalue weighted by molar-refractivity contribution is 5.60. The number of aromatic nitrogens is 4. The van der Waals surface area contributed by atoms with Gasteiger partial charge in [-0.15, -0.1) is 15.0 Å². The predicted octanol–water partition coefficient (Wildman–Crippen LogP) is 6.30. The zero-order valence-corrected chi connectivity index (χ0v) is 18.8. The lowest BCUT2D eigenvalue weighted by molar-refractivity contribution is 0.395. The Morgan fingerprint density at radius 2 is 1.06 bits per heavy atom. The smallest absolute Gasteiger partial charge is 0.144 e. The van der Waals surface area contributed by atoms with Crippen molar-refractivity contribution in [3.8, 4) is 11.4 Å². The Hall–Kier alpha value is -4.05. The van der Waals surface area contributed by atoms with Gasteiger partial charge in [-0.2, -0.15) is 0 Å². The van der Waals surface area contributed by atoms with Crippen LogP contribution in [-0.2, 0) is 5.54 Å². The lowest BCUT2D eigenvalue weighted by Gasteiger charge is -2.34. The molecule has 0 spiro atoms. The van der Waals surface area contributed by atoms with Gasteiger partial charge in [0.05, 0.1) is 0 Å². The second-order valence-corrected chi connectivity index (χ2v) is 8.45. The van der Waals surface area contributed by atoms with E-state index in [4.69, 9.17) is 5.10 Å². The molecule has 0 aliphatic carbocycles. The van der Waals surface area contributed by atoms with Gasteiger partial charge in [0.15, 0.2) is 5.54 Å². The van der Waals surface area contributed by atoms with Gasteiger partial charge in [-0.3, -0.25) is 0 Å². The number of hydrogen-bond donors (Lipinski definition) is 0. The number of benzene rings is 4. The minimum Gasteiger partial charge on any atom is -0.144 e. The second-order valence-electron chi connectivity index (χ2n) is 8.45. The van der Waals surface area contributed by atoms with Crippen LogP contribution >= 0.6 is 0 Å². The van der Waals surface area contributed by atoms with Crippen molar-refractivity contribution in [3.63, 3.8) is 0 Å². The summed E-state index contributed by atoms with van der Waals surface area (Å²) in [5.41, 5.74) is 4.68. The van der Waals surface area contributed by atoms with Crippen LogP contribution < -0.4 is 0 Å². The first-order valence-electron chi connectivity index (χ1n) is 11.3. The van der Waals surface area contributed by atoms with Gasteiger partial charge < -0.3 is 0 Å². The fourth-order valence-corrected chi connectivity index (χ4v) is 4.55. The summed E-state index contributed by atoms with van der Waals surface area (Å²) in [5.74, 6) is 0.988. The molecule has 4 nitrogen and oxygen atoms in total. The molecule has 1 aromatic heterocycles. The maximum Gasteiger partial charge on any atom is 0.205 e. The number of nitrogens with zero attached hydrogens (tertiary/aromatic N) is 4. The summed E-state index contributed by atoms with van der Waals surface area (Å²) in [6.45, 7) is 4.37. The topological polar surface area (TPSA) is 43.6 Å². The SMILES string of the molecule is CC(C)c1ccccc1-c1nnn(C(c2ccccc2)(c2ccccc2)c2ccccc2)n1. The summed E-state index contributed by atoms with van der Waals surface area (Å²) >= 11 is 0. The molecule has 0 unspecified atom stereocenters. The molecule has 0 radical (unpaired) electrons. The van der Waals surface area contributed by atoms with Gasteiger partial charge in [-0.1, -0.05) is 129 Å². The minimum atomic E-state index is -0.762. The quantitative estimate of drug-likeness (QED) is 0.297. The third kappa shape index (κ3) is 3.64. The molecule has 33 heavy (non-hydrogen) atoms. The van der Waals surface area contributed by atoms with Crippen molar-refractivity contribution >= 4 is 0 Å². The van der Waals surface area contributed by atoms with Crippen LogP contribution in [0.5, 0.6) is 0 Å². The zero-order chi connectivity index (χ0) is 22.7. The van der Waals surface area contributed by atoms with E-state index in [1.807, 2.05) is 24.3 Å². The van der Waals surface area contributed by atoms with Crippen molar-refractivity contribution in [3.05, 3.63) is 138 Å². The van der Waals surface area contributed by atoms with E-state index in [1.165, 1.54) is 5.56 Å². The second kappa shape index (κ2) is 8.83. The van der Waals surface area contributed by atoms with Crippen LogP contribution in [0.3, 0.4) is 0 Å². The summed E-state index contributed by atoms with van der Waals surface area (Å²) in [6.07, 6.45) is 0. The zero-order valence-electron chi connectivity index (χ0n) is 18.8. The van der Waals surface area contributed by atoms with Crippen LogP contribution in [0.2, 0.25) is 0 Å². The molecule has 1 heterocycles. The lowest BCUT2D eigenvalue weighted by atomic mass is 9.77. The average Bonchev–Trinajstić information content (AvgIpc) is 3.37. The summed E-state index contributed by atoms with van der Waals surface area (Å²) < 4.78 is 0. The first kappa shape index (κ1) is 20.8. The molecule has 5 aromatic rings. The Kier molecular flexibility index (Phi) is 5.57. The highest BCUT2D eigenvalue weighted by Crippen LogP contribution is 2.40. The van der Waals surface area contributed by atoms with Gasteiger partial charge in [0.2, 0.25) is 5.82 Å². The molecule has 0 atom stereocenters. The van der Waals surface area contributed by atoms with Gasteiger partial charge in [0, 0.05) is 5.56 Å². The molecule has 0 amide bonds. The lowest BCUT2D eigenvalue weighted by Crippen LogP contribution is -2.39. The molecule has 5 rings (SSSR count). The molecule has 0 aliphatic rings. The van der Waals surface area contributed by atoms with Crippen LogP contribution in [0.25, 0.3) is 11.4 Å². The van der Waals surface area contributed by atoms with Gasteiger partial charge in [0.25, 0.3) is 0 Å². The van der Waals surface area contributed by atoms with E-state index in [-0.39, 0.29) is 0 Å². The van der Waals surface area contributed by atoms with Crippen molar-refractivity contribution in [1.82, 2.24) is 20.2 Å². The standard InChI is InChI=1S/C29H26N4/c1-22(2)26-20-12-13-21-27(26)28-30-32-33(31-28)29(23-14-6-3-7-15-23,24-16-8-4-9-17-24)25-18-10-5-11-19-25/h3-22H,1-2H3. The molecule has 4 aromatic carbocycles. The Bertz CT molecular complexity index is 1230. The van der Waals surface area contributed by atoms with E-state index >= 15 is 0 Å². The fourth-order valence-electron chi connectivity index (χ4n) is 4.55. The van der Waals surface area contributed by atoms with Crippen LogP contribution in [0, 0.1) is 0 Å². The summed E-state index contributed by atoms with van der Waals surface area (Å²) in [4.78, 5) is 1.78. The summed E-state index contributed by atoms with van der Waals surface area (Å²) in [6, 6.07) is 39.5. The van der Waals surface area contributed by atoms with E-state index in [9.17, 15) is 0 Å². The summed E-state index contributed by atoms with van der Waals surface area (Å²) in [5, 5.41) is 14.2. The van der Waals surface area contributed by atoms with Crippen molar-refractivity contribution < 1.29 is 0 Å². The van der Waals surface area contributed by atoms with E-state index < -0.39 is 5.54 Å². The van der Waals surface area contributed by atoms with Crippen molar-refractivity contribution in [2.24, 2.45) is 0 Å². The molecule has 0 aliphatic heterocycles. The van der Waals surface area contributed by atoms with Crippen LogP contribution in [-0.4, -0.2) is 20.2 Å². The number of rotatable bonds is 6. The fraction of sp³-hybridized carbons (Fsp3) is 0.138. The minimum absolute atomic E-state index is 0.357. The molecule has 0 bridgehead atoms. The molecular formula is C29H26N4. The predicted molar refractivity (Wildman–Crippen MR) is 132 cm³/mol. The first-order chi connectivity index (χ1) is 16.2. The molecule has 162 valence electrons.